The van der Waals surface area contributed by atoms with Crippen molar-refractivity contribution in [2.24, 2.45) is 0 Å². The highest BCUT2D eigenvalue weighted by Gasteiger charge is 2.20. The smallest absolute Gasteiger partial charge is 0.407 e. The molecule has 0 bridgehead atoms. The van der Waals surface area contributed by atoms with Gasteiger partial charge in [-0.1, -0.05) is 6.07 Å². The first kappa shape index (κ1) is 21.0. The summed E-state index contributed by atoms with van der Waals surface area (Å²) in [7, 11) is 0. The fourth-order valence-corrected chi connectivity index (χ4v) is 3.02. The van der Waals surface area contributed by atoms with E-state index in [2.05, 4.69) is 5.32 Å². The van der Waals surface area contributed by atoms with Crippen LogP contribution in [0.15, 0.2) is 42.6 Å². The highest BCUT2D eigenvalue weighted by atomic mass is 16.6. The van der Waals surface area contributed by atoms with Gasteiger partial charge in [0, 0.05) is 17.6 Å². The summed E-state index contributed by atoms with van der Waals surface area (Å²) in [5.41, 5.74) is 1.28. The molecule has 0 saturated heterocycles. The second-order valence-corrected chi connectivity index (χ2v) is 7.52. The maximum Gasteiger partial charge on any atom is 0.407 e. The molecule has 1 amide bonds. The molecule has 0 radical (unpaired) electrons. The largest absolute Gasteiger partial charge is 0.479 e. The van der Waals surface area contributed by atoms with E-state index in [9.17, 15) is 9.59 Å². The van der Waals surface area contributed by atoms with E-state index < -0.39 is 17.7 Å². The third kappa shape index (κ3) is 4.81. The Labute approximate surface area is 173 Å². The molecule has 0 aliphatic rings. The zero-order valence-electron chi connectivity index (χ0n) is 17.1. The van der Waals surface area contributed by atoms with E-state index in [-0.39, 0.29) is 19.8 Å². The number of aromatic nitrogens is 1. The number of nitriles is 1. The molecule has 2 aromatic heterocycles. The lowest BCUT2D eigenvalue weighted by atomic mass is 10.1. The molecule has 0 saturated carbocycles. The number of rotatable bonds is 6. The molecule has 0 aliphatic heterocycles. The molecule has 3 rings (SSSR count). The van der Waals surface area contributed by atoms with Crippen molar-refractivity contribution in [3.05, 3.63) is 48.2 Å². The second-order valence-electron chi connectivity index (χ2n) is 7.52. The number of carbonyl (C=O) groups excluding carboxylic acids is 2. The fourth-order valence-electron chi connectivity index (χ4n) is 3.02. The van der Waals surface area contributed by atoms with Gasteiger partial charge in [0.2, 0.25) is 0 Å². The molecule has 8 nitrogen and oxygen atoms in total. The Hall–Kier alpha value is -3.73. The summed E-state index contributed by atoms with van der Waals surface area (Å²) in [4.78, 5) is 24.5. The van der Waals surface area contributed by atoms with Crippen molar-refractivity contribution in [2.75, 3.05) is 19.8 Å². The Morgan fingerprint density at radius 1 is 1.17 bits per heavy atom. The van der Waals surface area contributed by atoms with Gasteiger partial charge in [-0.05, 0) is 45.0 Å². The van der Waals surface area contributed by atoms with E-state index >= 15 is 0 Å². The molecule has 3 aromatic rings. The van der Waals surface area contributed by atoms with Gasteiger partial charge in [0.25, 0.3) is 0 Å². The third-order valence-electron chi connectivity index (χ3n) is 4.13. The maximum atomic E-state index is 12.8. The van der Waals surface area contributed by atoms with Gasteiger partial charge >= 0.3 is 12.1 Å². The Morgan fingerprint density at radius 2 is 1.97 bits per heavy atom. The van der Waals surface area contributed by atoms with Gasteiger partial charge in [-0.25, -0.2) is 9.59 Å². The predicted octanol–water partition coefficient (Wildman–Crippen LogP) is 3.68. The summed E-state index contributed by atoms with van der Waals surface area (Å²) in [5, 5.41) is 12.0. The molecule has 0 atom stereocenters. The molecular weight excluding hydrogens is 386 g/mol. The lowest BCUT2D eigenvalue weighted by Crippen LogP contribution is -2.34. The van der Waals surface area contributed by atoms with Crippen LogP contribution in [0.2, 0.25) is 0 Å². The highest BCUT2D eigenvalue weighted by Crippen LogP contribution is 2.30. The van der Waals surface area contributed by atoms with Crippen molar-refractivity contribution in [3.63, 3.8) is 0 Å². The number of pyridine rings is 1. The normalized spacial score (nSPS) is 11.1. The zero-order valence-corrected chi connectivity index (χ0v) is 17.1. The van der Waals surface area contributed by atoms with Crippen LogP contribution in [-0.2, 0) is 9.47 Å². The van der Waals surface area contributed by atoms with E-state index in [0.29, 0.717) is 22.2 Å². The Morgan fingerprint density at radius 3 is 2.70 bits per heavy atom. The summed E-state index contributed by atoms with van der Waals surface area (Å²) >= 11 is 0. The van der Waals surface area contributed by atoms with Gasteiger partial charge < -0.3 is 23.9 Å². The van der Waals surface area contributed by atoms with Crippen LogP contribution in [-0.4, -0.2) is 41.8 Å². The Kier molecular flexibility index (Phi) is 6.11. The first-order valence-electron chi connectivity index (χ1n) is 9.46. The van der Waals surface area contributed by atoms with Crippen LogP contribution in [0, 0.1) is 11.3 Å². The summed E-state index contributed by atoms with van der Waals surface area (Å²) in [6.45, 7) is 5.39. The number of fused-ring (bicyclic) bond motifs is 3. The average molecular weight is 409 g/mol. The van der Waals surface area contributed by atoms with Gasteiger partial charge in [0.1, 0.15) is 24.0 Å². The van der Waals surface area contributed by atoms with Crippen LogP contribution in [0.4, 0.5) is 4.79 Å². The van der Waals surface area contributed by atoms with Crippen LogP contribution in [0.25, 0.3) is 16.4 Å². The molecule has 2 heterocycles. The number of amides is 1. The van der Waals surface area contributed by atoms with Gasteiger partial charge in [0.15, 0.2) is 6.61 Å². The van der Waals surface area contributed by atoms with E-state index in [4.69, 9.17) is 19.5 Å². The molecule has 1 aromatic carbocycles. The van der Waals surface area contributed by atoms with E-state index in [1.165, 1.54) is 0 Å². The van der Waals surface area contributed by atoms with Crippen molar-refractivity contribution in [3.8, 4) is 11.8 Å². The van der Waals surface area contributed by atoms with Crippen LogP contribution >= 0.6 is 0 Å². The summed E-state index contributed by atoms with van der Waals surface area (Å²) in [6, 6.07) is 12.7. The van der Waals surface area contributed by atoms with E-state index in [1.54, 1.807) is 39.0 Å². The Bertz CT molecular complexity index is 1120. The molecule has 1 N–H and O–H groups in total. The van der Waals surface area contributed by atoms with Gasteiger partial charge in [0.05, 0.1) is 23.1 Å². The van der Waals surface area contributed by atoms with Crippen LogP contribution in [0.5, 0.6) is 5.75 Å². The molecule has 0 unspecified atom stereocenters. The lowest BCUT2D eigenvalue weighted by molar-refractivity contribution is 0.0436. The minimum Gasteiger partial charge on any atom is -0.479 e. The number of hydrogen-bond acceptors (Lipinski definition) is 6. The maximum absolute atomic E-state index is 12.8. The number of nitrogens with one attached hydrogen (secondary N) is 1. The minimum atomic E-state index is -0.596. The third-order valence-corrected chi connectivity index (χ3v) is 4.13. The number of ether oxygens (including phenoxy) is 3. The highest BCUT2D eigenvalue weighted by molar-refractivity contribution is 6.11. The summed E-state index contributed by atoms with van der Waals surface area (Å²) in [6.07, 6.45) is 1.27. The SMILES string of the molecule is CC(C)(C)OC(=O)NCCOC(=O)c1c2ccc(OCC#N)cc2n2ccccc12. The van der Waals surface area contributed by atoms with Crippen molar-refractivity contribution in [2.45, 2.75) is 26.4 Å². The number of benzene rings is 1. The molecule has 0 aliphatic carbocycles. The Balaban J connectivity index is 1.76. The monoisotopic (exact) mass is 409 g/mol. The number of alkyl carbamates (subject to hydrolysis) is 1. The lowest BCUT2D eigenvalue weighted by Gasteiger charge is -2.19. The average Bonchev–Trinajstić information content (AvgIpc) is 3.02. The molecule has 30 heavy (non-hydrogen) atoms. The number of hydrogen-bond donors (Lipinski definition) is 1. The molecule has 0 fully saturated rings. The number of carbonyl (C=O) groups is 2. The van der Waals surface area contributed by atoms with Gasteiger partial charge in [-0.2, -0.15) is 5.26 Å². The zero-order chi connectivity index (χ0) is 21.7. The standard InChI is InChI=1S/C22H23N3O5/c1-22(2,3)30-21(27)24-10-13-29-20(26)19-16-8-7-15(28-12-9-23)14-18(16)25-11-5-4-6-17(19)25/h4-8,11,14H,10,12-13H2,1-3H3,(H,24,27). The van der Waals surface area contributed by atoms with Crippen molar-refractivity contribution >= 4 is 28.5 Å². The van der Waals surface area contributed by atoms with Gasteiger partial charge in [-0.3, -0.25) is 0 Å². The molecule has 156 valence electrons. The minimum absolute atomic E-state index is 0.00705. The molecule has 8 heteroatoms. The number of nitrogens with zero attached hydrogens (tertiary/aromatic N) is 2. The van der Waals surface area contributed by atoms with Crippen molar-refractivity contribution < 1.29 is 23.8 Å². The molecular formula is C22H23N3O5. The van der Waals surface area contributed by atoms with Crippen molar-refractivity contribution in [1.29, 1.82) is 5.26 Å². The quantitative estimate of drug-likeness (QED) is 0.492. The van der Waals surface area contributed by atoms with Crippen LogP contribution < -0.4 is 10.1 Å². The molecule has 0 spiro atoms. The van der Waals surface area contributed by atoms with Gasteiger partial charge in [-0.15, -0.1) is 0 Å². The second kappa shape index (κ2) is 8.74. The topological polar surface area (TPSA) is 102 Å². The summed E-state index contributed by atoms with van der Waals surface area (Å²) < 4.78 is 17.8. The van der Waals surface area contributed by atoms with Crippen LogP contribution in [0.3, 0.4) is 0 Å². The number of esters is 1. The first-order valence-corrected chi connectivity index (χ1v) is 9.46. The predicted molar refractivity (Wildman–Crippen MR) is 111 cm³/mol. The van der Waals surface area contributed by atoms with E-state index in [0.717, 1.165) is 5.52 Å². The van der Waals surface area contributed by atoms with E-state index in [1.807, 2.05) is 34.9 Å². The van der Waals surface area contributed by atoms with Crippen LogP contribution in [0.1, 0.15) is 31.1 Å². The fraction of sp³-hybridized carbons (Fsp3) is 0.318. The van der Waals surface area contributed by atoms with Crippen molar-refractivity contribution in [1.82, 2.24) is 9.72 Å². The first-order chi connectivity index (χ1) is 14.3. The summed E-state index contributed by atoms with van der Waals surface area (Å²) in [5.74, 6) is 0.0409.